The minimum atomic E-state index is -0.553. The highest BCUT2D eigenvalue weighted by Gasteiger charge is 2.12. The summed E-state index contributed by atoms with van der Waals surface area (Å²) in [7, 11) is 0. The number of aliphatic imine (C=N–C) groups is 2. The van der Waals surface area contributed by atoms with Crippen LogP contribution in [0.2, 0.25) is 0 Å². The molecule has 2 N–H and O–H groups in total. The summed E-state index contributed by atoms with van der Waals surface area (Å²) in [6.45, 7) is 3.55. The second-order valence-corrected chi connectivity index (χ2v) is 4.92. The van der Waals surface area contributed by atoms with E-state index in [0.29, 0.717) is 22.7 Å². The van der Waals surface area contributed by atoms with Crippen LogP contribution >= 0.6 is 0 Å². The van der Waals surface area contributed by atoms with Gasteiger partial charge in [0, 0.05) is 0 Å². The van der Waals surface area contributed by atoms with E-state index in [4.69, 9.17) is 0 Å². The topological polar surface area (TPSA) is 100.0 Å². The minimum Gasteiger partial charge on any atom is -0.305 e. The Morgan fingerprint density at radius 3 is 1.62 bits per heavy atom. The predicted molar refractivity (Wildman–Crippen MR) is 90.6 cm³/mol. The molecule has 0 bridgehead atoms. The smallest absolute Gasteiger partial charge is 0.305 e. The first-order valence-electron chi connectivity index (χ1n) is 6.99. The lowest BCUT2D eigenvalue weighted by Gasteiger charge is -2.14. The first-order chi connectivity index (χ1) is 11.6. The van der Waals surface area contributed by atoms with Crippen molar-refractivity contribution in [2.75, 3.05) is 10.6 Å². The molecule has 0 radical (unpaired) electrons. The van der Waals surface area contributed by atoms with Gasteiger partial charge in [0.15, 0.2) is 0 Å². The van der Waals surface area contributed by atoms with Gasteiger partial charge in [0.1, 0.15) is 11.4 Å². The van der Waals surface area contributed by atoms with E-state index in [9.17, 15) is 14.4 Å². The molecule has 0 spiro atoms. The number of hydrogen-bond donors (Lipinski definition) is 2. The highest BCUT2D eigenvalue weighted by molar-refractivity contribution is 6.04. The van der Waals surface area contributed by atoms with Gasteiger partial charge < -0.3 is 10.6 Å². The van der Waals surface area contributed by atoms with Crippen LogP contribution in [-0.2, 0) is 9.59 Å². The summed E-state index contributed by atoms with van der Waals surface area (Å²) in [6, 6.07) is 9.60. The summed E-state index contributed by atoms with van der Waals surface area (Å²) in [5, 5.41) is 5.29. The van der Waals surface area contributed by atoms with Gasteiger partial charge in [0.2, 0.25) is 12.2 Å². The number of amides is 2. The Balaban J connectivity index is 2.31. The third-order valence-electron chi connectivity index (χ3n) is 3.31. The van der Waals surface area contributed by atoms with E-state index in [1.54, 1.807) is 50.2 Å². The van der Waals surface area contributed by atoms with E-state index < -0.39 is 6.03 Å². The Morgan fingerprint density at radius 1 is 0.833 bits per heavy atom. The van der Waals surface area contributed by atoms with Crippen LogP contribution in [0.15, 0.2) is 46.4 Å². The van der Waals surface area contributed by atoms with Gasteiger partial charge in [0.05, 0.1) is 11.4 Å². The number of aryl methyl sites for hydroxylation is 2. The average Bonchev–Trinajstić information content (AvgIpc) is 2.54. The first kappa shape index (κ1) is 16.8. The molecule has 0 heterocycles. The highest BCUT2D eigenvalue weighted by Crippen LogP contribution is 2.30. The van der Waals surface area contributed by atoms with E-state index in [0.717, 1.165) is 11.1 Å². The number of rotatable bonds is 4. The fraction of sp³-hybridized carbons (Fsp3) is 0.118. The lowest BCUT2D eigenvalue weighted by Crippen LogP contribution is -2.20. The Bertz CT molecular complexity index is 808. The number of carbonyl (C=O) groups excluding carboxylic acids is 3. The number of hydrogen-bond acceptors (Lipinski definition) is 5. The van der Waals surface area contributed by atoms with Crippen molar-refractivity contribution in [3.05, 3.63) is 47.5 Å². The van der Waals surface area contributed by atoms with Crippen LogP contribution in [0.1, 0.15) is 11.1 Å². The summed E-state index contributed by atoms with van der Waals surface area (Å²) in [4.78, 5) is 40.5. The van der Waals surface area contributed by atoms with Crippen LogP contribution in [0.4, 0.5) is 27.5 Å². The Morgan fingerprint density at radius 2 is 1.25 bits per heavy atom. The maximum absolute atomic E-state index is 12.3. The number of urea groups is 1. The molecule has 0 aliphatic carbocycles. The van der Waals surface area contributed by atoms with E-state index in [1.165, 1.54) is 12.2 Å². The van der Waals surface area contributed by atoms with Crippen molar-refractivity contribution in [3.63, 3.8) is 0 Å². The van der Waals surface area contributed by atoms with E-state index >= 15 is 0 Å². The van der Waals surface area contributed by atoms with Crippen molar-refractivity contribution < 1.29 is 14.4 Å². The molecule has 0 saturated heterocycles. The van der Waals surface area contributed by atoms with Crippen LogP contribution in [0.5, 0.6) is 0 Å². The minimum absolute atomic E-state index is 0.302. The summed E-state index contributed by atoms with van der Waals surface area (Å²) < 4.78 is 0. The Labute approximate surface area is 138 Å². The quantitative estimate of drug-likeness (QED) is 0.659. The van der Waals surface area contributed by atoms with Crippen molar-refractivity contribution in [1.29, 1.82) is 0 Å². The van der Waals surface area contributed by atoms with E-state index in [-0.39, 0.29) is 0 Å². The third-order valence-corrected chi connectivity index (χ3v) is 3.31. The van der Waals surface area contributed by atoms with Crippen molar-refractivity contribution in [2.24, 2.45) is 9.98 Å². The molecule has 0 aliphatic heterocycles. The zero-order valence-electron chi connectivity index (χ0n) is 13.1. The molecule has 120 valence electrons. The summed E-state index contributed by atoms with van der Waals surface area (Å²) >= 11 is 0. The van der Waals surface area contributed by atoms with Crippen LogP contribution < -0.4 is 10.6 Å². The van der Waals surface area contributed by atoms with Crippen LogP contribution in [0, 0.1) is 13.8 Å². The zero-order chi connectivity index (χ0) is 17.5. The van der Waals surface area contributed by atoms with E-state index in [1.807, 2.05) is 0 Å². The standard InChI is InChI=1S/C17H14N4O3/c1-11-5-3-7-13(18-9-22)15(11)20-17(24)21-16-12(2)6-4-8-14(16)19-10-23/h3-8H,1-2H3,(H2,20,21,24). The van der Waals surface area contributed by atoms with Crippen LogP contribution in [0.3, 0.4) is 0 Å². The number of anilines is 2. The number of para-hydroxylation sites is 2. The monoisotopic (exact) mass is 322 g/mol. The molecule has 2 aromatic rings. The van der Waals surface area contributed by atoms with E-state index in [2.05, 4.69) is 20.6 Å². The molecule has 0 unspecified atom stereocenters. The van der Waals surface area contributed by atoms with Gasteiger partial charge in [0.25, 0.3) is 0 Å². The lowest BCUT2D eigenvalue weighted by molar-refractivity contribution is 0.262. The summed E-state index contributed by atoms with van der Waals surface area (Å²) in [6.07, 6.45) is 2.91. The number of carbonyl (C=O) groups is 1. The van der Waals surface area contributed by atoms with Crippen LogP contribution in [0.25, 0.3) is 0 Å². The van der Waals surface area contributed by atoms with Crippen molar-refractivity contribution in [2.45, 2.75) is 13.8 Å². The molecule has 0 atom stereocenters. The number of nitrogens with one attached hydrogen (secondary N) is 2. The fourth-order valence-corrected chi connectivity index (χ4v) is 2.17. The van der Waals surface area contributed by atoms with Gasteiger partial charge in [-0.05, 0) is 37.1 Å². The molecule has 0 aliphatic rings. The Hall–Kier alpha value is -3.53. The summed E-state index contributed by atoms with van der Waals surface area (Å²) in [5.74, 6) is 0. The van der Waals surface area contributed by atoms with Crippen molar-refractivity contribution in [3.8, 4) is 0 Å². The largest absolute Gasteiger partial charge is 0.323 e. The number of benzene rings is 2. The van der Waals surface area contributed by atoms with Crippen molar-refractivity contribution >= 4 is 40.9 Å². The molecule has 0 aromatic heterocycles. The molecule has 7 nitrogen and oxygen atoms in total. The molecular formula is C17H14N4O3. The van der Waals surface area contributed by atoms with Gasteiger partial charge >= 0.3 is 6.03 Å². The molecule has 7 heteroatoms. The molecule has 2 aromatic carbocycles. The summed E-state index contributed by atoms with van der Waals surface area (Å²) in [5.41, 5.74) is 2.86. The lowest BCUT2D eigenvalue weighted by atomic mass is 10.1. The molecule has 2 rings (SSSR count). The van der Waals surface area contributed by atoms with Crippen LogP contribution in [-0.4, -0.2) is 18.2 Å². The molecule has 0 saturated carbocycles. The first-order valence-corrected chi connectivity index (χ1v) is 6.99. The average molecular weight is 322 g/mol. The second kappa shape index (κ2) is 7.65. The van der Waals surface area contributed by atoms with Gasteiger partial charge in [-0.3, -0.25) is 0 Å². The Kier molecular flexibility index (Phi) is 5.36. The number of nitrogens with zero attached hydrogens (tertiary/aromatic N) is 2. The maximum Gasteiger partial charge on any atom is 0.323 e. The predicted octanol–water partition coefficient (Wildman–Crippen LogP) is 3.88. The third kappa shape index (κ3) is 3.81. The maximum atomic E-state index is 12.3. The normalized spacial score (nSPS) is 9.42. The molecule has 0 fully saturated rings. The molecule has 2 amide bonds. The van der Waals surface area contributed by atoms with Gasteiger partial charge in [-0.25, -0.2) is 14.4 Å². The number of isocyanates is 2. The van der Waals surface area contributed by atoms with Crippen molar-refractivity contribution in [1.82, 2.24) is 0 Å². The van der Waals surface area contributed by atoms with Gasteiger partial charge in [-0.2, -0.15) is 9.98 Å². The fourth-order valence-electron chi connectivity index (χ4n) is 2.17. The highest BCUT2D eigenvalue weighted by atomic mass is 16.2. The van der Waals surface area contributed by atoms with Gasteiger partial charge in [-0.1, -0.05) is 24.3 Å². The molecular weight excluding hydrogens is 308 g/mol. The molecule has 24 heavy (non-hydrogen) atoms. The second-order valence-electron chi connectivity index (χ2n) is 4.92. The van der Waals surface area contributed by atoms with Gasteiger partial charge in [-0.15, -0.1) is 0 Å². The zero-order valence-corrected chi connectivity index (χ0v) is 13.1. The SMILES string of the molecule is Cc1cccc(N=C=O)c1NC(=O)Nc1c(C)cccc1N=C=O.